The predicted octanol–water partition coefficient (Wildman–Crippen LogP) is 1.10. The van der Waals surface area contributed by atoms with Gasteiger partial charge in [-0.05, 0) is 12.1 Å². The number of carbonyl (C=O) groups is 2. The minimum Gasteiger partial charge on any atom is -0.463 e. The molecule has 2 N–H and O–H groups in total. The number of hydroxylamine groups is 2. The number of methoxy groups -OCH3 is 1. The first-order valence-electron chi connectivity index (χ1n) is 5.83. The van der Waals surface area contributed by atoms with Gasteiger partial charge in [0.2, 0.25) is 0 Å². The van der Waals surface area contributed by atoms with Crippen LogP contribution in [-0.2, 0) is 14.4 Å². The number of benzene rings is 1. The standard InChI is InChI=1S/C14H16N2O5/c1-9(15-20-4)10(2)16-21-12-8-6-5-7-11(12)13(17)14(18)19-3/h5-8,15-16H,1-2H2,3-4H3. The summed E-state index contributed by atoms with van der Waals surface area (Å²) in [5, 5.41) is 0. The van der Waals surface area contributed by atoms with E-state index in [9.17, 15) is 9.59 Å². The topological polar surface area (TPSA) is 85.9 Å². The zero-order valence-electron chi connectivity index (χ0n) is 11.8. The van der Waals surface area contributed by atoms with Crippen molar-refractivity contribution in [3.05, 3.63) is 54.4 Å². The highest BCUT2D eigenvalue weighted by Gasteiger charge is 2.21. The Labute approximate surface area is 122 Å². The minimum atomic E-state index is -0.977. The smallest absolute Gasteiger partial charge is 0.379 e. The Bertz CT molecular complexity index is 568. The molecule has 0 aliphatic carbocycles. The molecular weight excluding hydrogens is 276 g/mol. The van der Waals surface area contributed by atoms with Gasteiger partial charge in [0, 0.05) is 0 Å². The fraction of sp³-hybridized carbons (Fsp3) is 0.143. The summed E-state index contributed by atoms with van der Waals surface area (Å²) < 4.78 is 4.39. The van der Waals surface area contributed by atoms with Crippen molar-refractivity contribution in [2.45, 2.75) is 0 Å². The number of hydrogen-bond acceptors (Lipinski definition) is 7. The Hall–Kier alpha value is -2.80. The third-order valence-electron chi connectivity index (χ3n) is 2.38. The molecule has 21 heavy (non-hydrogen) atoms. The van der Waals surface area contributed by atoms with Crippen LogP contribution in [0.5, 0.6) is 5.75 Å². The maximum absolute atomic E-state index is 11.8. The number of Topliss-reactive ketones (excluding diaryl/α,β-unsaturated/α-hetero) is 1. The lowest BCUT2D eigenvalue weighted by Crippen LogP contribution is -2.25. The lowest BCUT2D eigenvalue weighted by molar-refractivity contribution is -0.135. The van der Waals surface area contributed by atoms with Crippen molar-refractivity contribution >= 4 is 11.8 Å². The second-order valence-electron chi connectivity index (χ2n) is 3.78. The largest absolute Gasteiger partial charge is 0.463 e. The van der Waals surface area contributed by atoms with E-state index < -0.39 is 11.8 Å². The fourth-order valence-electron chi connectivity index (χ4n) is 1.31. The van der Waals surface area contributed by atoms with Crippen molar-refractivity contribution < 1.29 is 24.0 Å². The van der Waals surface area contributed by atoms with E-state index in [0.717, 1.165) is 7.11 Å². The molecule has 0 aliphatic rings. The van der Waals surface area contributed by atoms with Gasteiger partial charge in [-0.3, -0.25) is 15.1 Å². The van der Waals surface area contributed by atoms with Crippen LogP contribution in [0, 0.1) is 0 Å². The van der Waals surface area contributed by atoms with Gasteiger partial charge >= 0.3 is 5.97 Å². The van der Waals surface area contributed by atoms with Crippen LogP contribution in [0.3, 0.4) is 0 Å². The molecule has 1 rings (SSSR count). The Kier molecular flexibility index (Phi) is 5.97. The van der Waals surface area contributed by atoms with Crippen LogP contribution in [0.2, 0.25) is 0 Å². The van der Waals surface area contributed by atoms with Crippen LogP contribution in [-0.4, -0.2) is 26.0 Å². The first-order chi connectivity index (χ1) is 10.0. The molecule has 0 aromatic heterocycles. The van der Waals surface area contributed by atoms with Crippen LogP contribution in [0.25, 0.3) is 0 Å². The summed E-state index contributed by atoms with van der Waals surface area (Å²) in [5.74, 6) is -1.64. The van der Waals surface area contributed by atoms with Gasteiger partial charge in [0.15, 0.2) is 5.75 Å². The second-order valence-corrected chi connectivity index (χ2v) is 3.78. The Morgan fingerprint density at radius 2 is 1.67 bits per heavy atom. The number of esters is 1. The summed E-state index contributed by atoms with van der Waals surface area (Å²) in [4.78, 5) is 33.0. The zero-order valence-corrected chi connectivity index (χ0v) is 11.8. The highest BCUT2D eigenvalue weighted by atomic mass is 16.7. The molecule has 7 nitrogen and oxygen atoms in total. The molecule has 1 aromatic rings. The summed E-state index contributed by atoms with van der Waals surface area (Å²) in [6.07, 6.45) is 0. The van der Waals surface area contributed by atoms with Crippen molar-refractivity contribution in [3.8, 4) is 5.75 Å². The van der Waals surface area contributed by atoms with Crippen LogP contribution in [0.4, 0.5) is 0 Å². The molecule has 0 fully saturated rings. The molecule has 0 aliphatic heterocycles. The fourth-order valence-corrected chi connectivity index (χ4v) is 1.31. The van der Waals surface area contributed by atoms with Crippen LogP contribution in [0.1, 0.15) is 10.4 Å². The Balaban J connectivity index is 2.81. The third-order valence-corrected chi connectivity index (χ3v) is 2.38. The number of carbonyl (C=O) groups excluding carboxylic acids is 2. The molecule has 112 valence electrons. The van der Waals surface area contributed by atoms with Gasteiger partial charge in [0.1, 0.15) is 0 Å². The van der Waals surface area contributed by atoms with E-state index in [2.05, 4.69) is 33.7 Å². The number of para-hydroxylation sites is 1. The van der Waals surface area contributed by atoms with Crippen molar-refractivity contribution in [3.63, 3.8) is 0 Å². The molecule has 0 saturated carbocycles. The van der Waals surface area contributed by atoms with E-state index in [1.807, 2.05) is 0 Å². The normalized spacial score (nSPS) is 9.43. The second kappa shape index (κ2) is 7.71. The molecule has 0 bridgehead atoms. The predicted molar refractivity (Wildman–Crippen MR) is 75.0 cm³/mol. The summed E-state index contributed by atoms with van der Waals surface area (Å²) in [5.41, 5.74) is 5.66. The highest BCUT2D eigenvalue weighted by Crippen LogP contribution is 2.18. The number of ether oxygens (including phenoxy) is 1. The Morgan fingerprint density at radius 3 is 2.29 bits per heavy atom. The average molecular weight is 292 g/mol. The van der Waals surface area contributed by atoms with E-state index in [4.69, 9.17) is 4.84 Å². The van der Waals surface area contributed by atoms with E-state index >= 15 is 0 Å². The molecular formula is C14H16N2O5. The SMILES string of the molecule is C=C(NOC)C(=C)NOc1ccccc1C(=O)C(=O)OC. The van der Waals surface area contributed by atoms with Gasteiger partial charge in [-0.1, -0.05) is 25.3 Å². The van der Waals surface area contributed by atoms with Crippen molar-refractivity contribution in [2.75, 3.05) is 14.2 Å². The van der Waals surface area contributed by atoms with Crippen molar-refractivity contribution in [2.24, 2.45) is 0 Å². The summed E-state index contributed by atoms with van der Waals surface area (Å²) in [7, 11) is 2.55. The zero-order chi connectivity index (χ0) is 15.8. The van der Waals surface area contributed by atoms with Gasteiger partial charge in [-0.2, -0.15) is 0 Å². The van der Waals surface area contributed by atoms with Crippen LogP contribution < -0.4 is 15.8 Å². The van der Waals surface area contributed by atoms with Crippen LogP contribution >= 0.6 is 0 Å². The number of rotatable bonds is 8. The maximum atomic E-state index is 11.8. The number of nitrogens with one attached hydrogen (secondary N) is 2. The van der Waals surface area contributed by atoms with E-state index in [1.54, 1.807) is 12.1 Å². The number of ketones is 1. The van der Waals surface area contributed by atoms with Gasteiger partial charge < -0.3 is 9.57 Å². The summed E-state index contributed by atoms with van der Waals surface area (Å²) >= 11 is 0. The summed E-state index contributed by atoms with van der Waals surface area (Å²) in [6, 6.07) is 6.21. The molecule has 0 atom stereocenters. The van der Waals surface area contributed by atoms with E-state index in [1.165, 1.54) is 19.2 Å². The molecule has 0 radical (unpaired) electrons. The average Bonchev–Trinajstić information content (AvgIpc) is 2.51. The maximum Gasteiger partial charge on any atom is 0.379 e. The molecule has 0 amide bonds. The first kappa shape index (κ1) is 16.3. The van der Waals surface area contributed by atoms with Crippen molar-refractivity contribution in [1.82, 2.24) is 11.0 Å². The molecule has 0 saturated heterocycles. The summed E-state index contributed by atoms with van der Waals surface area (Å²) in [6.45, 7) is 7.30. The lowest BCUT2D eigenvalue weighted by Gasteiger charge is -2.14. The minimum absolute atomic E-state index is 0.0648. The molecule has 0 unspecified atom stereocenters. The third kappa shape index (κ3) is 4.36. The van der Waals surface area contributed by atoms with Gasteiger partial charge in [-0.25, -0.2) is 10.3 Å². The van der Waals surface area contributed by atoms with E-state index in [0.29, 0.717) is 5.70 Å². The first-order valence-corrected chi connectivity index (χ1v) is 5.83. The molecule has 1 aromatic carbocycles. The molecule has 0 heterocycles. The van der Waals surface area contributed by atoms with Gasteiger partial charge in [-0.15, -0.1) is 0 Å². The van der Waals surface area contributed by atoms with E-state index in [-0.39, 0.29) is 17.0 Å². The van der Waals surface area contributed by atoms with Gasteiger partial charge in [0.05, 0.1) is 31.2 Å². The monoisotopic (exact) mass is 292 g/mol. The quantitative estimate of drug-likeness (QED) is 0.244. The Morgan fingerprint density at radius 1 is 1.05 bits per heavy atom. The highest BCUT2D eigenvalue weighted by molar-refractivity contribution is 6.41. The van der Waals surface area contributed by atoms with Crippen molar-refractivity contribution in [1.29, 1.82) is 0 Å². The van der Waals surface area contributed by atoms with Gasteiger partial charge in [0.25, 0.3) is 5.78 Å². The number of hydrogen-bond donors (Lipinski definition) is 2. The van der Waals surface area contributed by atoms with Crippen LogP contribution in [0.15, 0.2) is 48.8 Å². The lowest BCUT2D eigenvalue weighted by atomic mass is 10.1. The molecule has 0 spiro atoms. The molecule has 7 heteroatoms.